The van der Waals surface area contributed by atoms with Crippen LogP contribution in [0.4, 0.5) is 0 Å². The van der Waals surface area contributed by atoms with Crippen LogP contribution in [0, 0.1) is 0 Å². The Labute approximate surface area is 125 Å². The molecule has 0 saturated heterocycles. The molecule has 0 aromatic rings. The standard InChI is InChI=1S/C17H34O3/c1-4-6-7-8-9-10-11-12-13-14-15-16(19-3)17(18)20-5-2/h16H,4-15H2,1-3H3. The summed E-state index contributed by atoms with van der Waals surface area (Å²) in [5, 5.41) is 0. The Balaban J connectivity index is 3.35. The Kier molecular flexibility index (Phi) is 14.4. The van der Waals surface area contributed by atoms with Crippen LogP contribution in [-0.4, -0.2) is 25.8 Å². The van der Waals surface area contributed by atoms with Crippen molar-refractivity contribution < 1.29 is 14.3 Å². The van der Waals surface area contributed by atoms with Gasteiger partial charge >= 0.3 is 5.97 Å². The van der Waals surface area contributed by atoms with Gasteiger partial charge in [-0.1, -0.05) is 71.1 Å². The molecule has 1 atom stereocenters. The second kappa shape index (κ2) is 14.8. The van der Waals surface area contributed by atoms with E-state index in [0.717, 1.165) is 12.8 Å². The highest BCUT2D eigenvalue weighted by atomic mass is 16.6. The maximum Gasteiger partial charge on any atom is 0.335 e. The second-order valence-corrected chi connectivity index (χ2v) is 5.45. The highest BCUT2D eigenvalue weighted by Crippen LogP contribution is 2.13. The topological polar surface area (TPSA) is 35.5 Å². The van der Waals surface area contributed by atoms with Crippen molar-refractivity contribution in [3.05, 3.63) is 0 Å². The van der Waals surface area contributed by atoms with Crippen LogP contribution in [0.1, 0.15) is 84.5 Å². The molecule has 0 rings (SSSR count). The average Bonchev–Trinajstić information content (AvgIpc) is 2.45. The summed E-state index contributed by atoms with van der Waals surface area (Å²) in [6.45, 7) is 4.51. The molecular weight excluding hydrogens is 252 g/mol. The molecule has 0 bridgehead atoms. The van der Waals surface area contributed by atoms with E-state index in [1.165, 1.54) is 57.8 Å². The van der Waals surface area contributed by atoms with Crippen LogP contribution in [0.3, 0.4) is 0 Å². The fourth-order valence-corrected chi connectivity index (χ4v) is 2.38. The molecule has 0 aliphatic rings. The van der Waals surface area contributed by atoms with E-state index in [1.54, 1.807) is 7.11 Å². The molecule has 1 unspecified atom stereocenters. The Hall–Kier alpha value is -0.570. The van der Waals surface area contributed by atoms with Gasteiger partial charge in [-0.25, -0.2) is 4.79 Å². The first kappa shape index (κ1) is 19.4. The van der Waals surface area contributed by atoms with Crippen molar-refractivity contribution in [2.45, 2.75) is 90.6 Å². The van der Waals surface area contributed by atoms with E-state index in [4.69, 9.17) is 9.47 Å². The van der Waals surface area contributed by atoms with Gasteiger partial charge in [-0.15, -0.1) is 0 Å². The summed E-state index contributed by atoms with van der Waals surface area (Å²) in [5.41, 5.74) is 0. The summed E-state index contributed by atoms with van der Waals surface area (Å²) in [5.74, 6) is -0.217. The van der Waals surface area contributed by atoms with Gasteiger partial charge < -0.3 is 9.47 Å². The van der Waals surface area contributed by atoms with Gasteiger partial charge in [0.1, 0.15) is 0 Å². The third-order valence-electron chi connectivity index (χ3n) is 3.65. The Morgan fingerprint density at radius 1 is 0.850 bits per heavy atom. The van der Waals surface area contributed by atoms with E-state index in [0.29, 0.717) is 6.61 Å². The van der Waals surface area contributed by atoms with Gasteiger partial charge in [0, 0.05) is 7.11 Å². The molecular formula is C17H34O3. The molecule has 0 spiro atoms. The maximum atomic E-state index is 11.5. The molecule has 0 radical (unpaired) electrons. The van der Waals surface area contributed by atoms with Crippen LogP contribution in [0.15, 0.2) is 0 Å². The molecule has 3 heteroatoms. The predicted octanol–water partition coefficient (Wildman–Crippen LogP) is 4.88. The van der Waals surface area contributed by atoms with Gasteiger partial charge in [0.25, 0.3) is 0 Å². The molecule has 0 aromatic carbocycles. The van der Waals surface area contributed by atoms with E-state index in [9.17, 15) is 4.79 Å². The molecule has 0 aromatic heterocycles. The number of hydrogen-bond acceptors (Lipinski definition) is 3. The van der Waals surface area contributed by atoms with Gasteiger partial charge in [0.2, 0.25) is 0 Å². The Morgan fingerprint density at radius 2 is 1.35 bits per heavy atom. The zero-order chi connectivity index (χ0) is 15.1. The lowest BCUT2D eigenvalue weighted by Crippen LogP contribution is -2.25. The third kappa shape index (κ3) is 11.3. The van der Waals surface area contributed by atoms with Crippen LogP contribution in [-0.2, 0) is 14.3 Å². The number of carbonyl (C=O) groups is 1. The minimum atomic E-state index is -0.371. The van der Waals surface area contributed by atoms with Crippen molar-refractivity contribution >= 4 is 5.97 Å². The smallest absolute Gasteiger partial charge is 0.335 e. The van der Waals surface area contributed by atoms with Crippen molar-refractivity contribution in [1.82, 2.24) is 0 Å². The third-order valence-corrected chi connectivity index (χ3v) is 3.65. The predicted molar refractivity (Wildman–Crippen MR) is 83.9 cm³/mol. The number of hydrogen-bond donors (Lipinski definition) is 0. The molecule has 0 amide bonds. The van der Waals surface area contributed by atoms with Gasteiger partial charge in [0.15, 0.2) is 6.10 Å². The lowest BCUT2D eigenvalue weighted by atomic mass is 10.0. The van der Waals surface area contributed by atoms with Gasteiger partial charge in [-0.2, -0.15) is 0 Å². The maximum absolute atomic E-state index is 11.5. The number of rotatable bonds is 14. The first-order chi connectivity index (χ1) is 9.76. The van der Waals surface area contributed by atoms with Crippen LogP contribution < -0.4 is 0 Å². The number of esters is 1. The molecule has 0 fully saturated rings. The number of methoxy groups -OCH3 is 1. The Bertz CT molecular complexity index is 216. The van der Waals surface area contributed by atoms with E-state index < -0.39 is 0 Å². The van der Waals surface area contributed by atoms with E-state index in [2.05, 4.69) is 6.92 Å². The summed E-state index contributed by atoms with van der Waals surface area (Å²) >= 11 is 0. The summed E-state index contributed by atoms with van der Waals surface area (Å²) < 4.78 is 10.1. The molecule has 0 N–H and O–H groups in total. The normalized spacial score (nSPS) is 12.3. The van der Waals surface area contributed by atoms with Crippen molar-refractivity contribution in [3.8, 4) is 0 Å². The van der Waals surface area contributed by atoms with Crippen molar-refractivity contribution in [1.29, 1.82) is 0 Å². The zero-order valence-corrected chi connectivity index (χ0v) is 13.8. The van der Waals surface area contributed by atoms with Gasteiger partial charge in [-0.05, 0) is 13.3 Å². The van der Waals surface area contributed by atoms with E-state index in [-0.39, 0.29) is 12.1 Å². The summed E-state index contributed by atoms with van der Waals surface area (Å²) in [6.07, 6.45) is 13.5. The molecule has 0 aliphatic heterocycles. The average molecular weight is 286 g/mol. The number of carbonyl (C=O) groups excluding carboxylic acids is 1. The lowest BCUT2D eigenvalue weighted by Gasteiger charge is -2.13. The summed E-state index contributed by atoms with van der Waals surface area (Å²) in [4.78, 5) is 11.5. The fourth-order valence-electron chi connectivity index (χ4n) is 2.38. The van der Waals surface area contributed by atoms with Crippen LogP contribution in [0.2, 0.25) is 0 Å². The van der Waals surface area contributed by atoms with Crippen LogP contribution in [0.25, 0.3) is 0 Å². The highest BCUT2D eigenvalue weighted by molar-refractivity contribution is 5.74. The van der Waals surface area contributed by atoms with E-state index in [1.807, 2.05) is 6.92 Å². The highest BCUT2D eigenvalue weighted by Gasteiger charge is 2.17. The number of ether oxygens (including phenoxy) is 2. The minimum absolute atomic E-state index is 0.217. The fraction of sp³-hybridized carbons (Fsp3) is 0.941. The lowest BCUT2D eigenvalue weighted by molar-refractivity contribution is -0.155. The quantitative estimate of drug-likeness (QED) is 0.337. The molecule has 20 heavy (non-hydrogen) atoms. The number of unbranched alkanes of at least 4 members (excludes halogenated alkanes) is 9. The van der Waals surface area contributed by atoms with E-state index >= 15 is 0 Å². The first-order valence-electron chi connectivity index (χ1n) is 8.45. The minimum Gasteiger partial charge on any atom is -0.464 e. The summed E-state index contributed by atoms with van der Waals surface area (Å²) in [7, 11) is 1.58. The molecule has 0 aliphatic carbocycles. The molecule has 0 heterocycles. The van der Waals surface area contributed by atoms with Crippen molar-refractivity contribution in [2.75, 3.05) is 13.7 Å². The van der Waals surface area contributed by atoms with Gasteiger partial charge in [-0.3, -0.25) is 0 Å². The zero-order valence-electron chi connectivity index (χ0n) is 13.8. The van der Waals surface area contributed by atoms with Crippen LogP contribution in [0.5, 0.6) is 0 Å². The Morgan fingerprint density at radius 3 is 1.80 bits per heavy atom. The SMILES string of the molecule is CCCCCCCCCCCCC(OC)C(=O)OCC. The van der Waals surface area contributed by atoms with Gasteiger partial charge in [0.05, 0.1) is 6.61 Å². The molecule has 120 valence electrons. The monoisotopic (exact) mass is 286 g/mol. The molecule has 0 saturated carbocycles. The first-order valence-corrected chi connectivity index (χ1v) is 8.45. The molecule has 3 nitrogen and oxygen atoms in total. The van der Waals surface area contributed by atoms with Crippen LogP contribution >= 0.6 is 0 Å². The summed E-state index contributed by atoms with van der Waals surface area (Å²) in [6, 6.07) is 0. The van der Waals surface area contributed by atoms with Crippen molar-refractivity contribution in [3.63, 3.8) is 0 Å². The largest absolute Gasteiger partial charge is 0.464 e. The second-order valence-electron chi connectivity index (χ2n) is 5.45. The van der Waals surface area contributed by atoms with Crippen molar-refractivity contribution in [2.24, 2.45) is 0 Å².